The lowest BCUT2D eigenvalue weighted by atomic mass is 10.0. The molecule has 11 heteroatoms. The van der Waals surface area contributed by atoms with Crippen molar-refractivity contribution in [3.8, 4) is 11.5 Å². The molecule has 0 aliphatic carbocycles. The van der Waals surface area contributed by atoms with Crippen LogP contribution in [0.5, 0.6) is 11.5 Å². The molecule has 0 fully saturated rings. The number of anilines is 1. The summed E-state index contributed by atoms with van der Waals surface area (Å²) in [6.45, 7) is 3.99. The first-order valence-corrected chi connectivity index (χ1v) is 16.0. The van der Waals surface area contributed by atoms with E-state index >= 15 is 0 Å². The zero-order chi connectivity index (χ0) is 30.3. The van der Waals surface area contributed by atoms with Crippen molar-refractivity contribution in [1.82, 2.24) is 10.2 Å². The lowest BCUT2D eigenvalue weighted by Crippen LogP contribution is -2.51. The maximum atomic E-state index is 13.9. The largest absolute Gasteiger partial charge is 0.454 e. The predicted molar refractivity (Wildman–Crippen MR) is 163 cm³/mol. The number of ether oxygens (including phenoxy) is 2. The molecule has 1 aliphatic heterocycles. The summed E-state index contributed by atoms with van der Waals surface area (Å²) in [6.07, 6.45) is 1.67. The number of fused-ring (bicyclic) bond motifs is 1. The molecular formula is C31H36ClN3O6S. The molecule has 3 aromatic carbocycles. The van der Waals surface area contributed by atoms with Gasteiger partial charge in [0.2, 0.25) is 28.6 Å². The number of nitrogens with one attached hydrogen (secondary N) is 1. The van der Waals surface area contributed by atoms with Crippen molar-refractivity contribution in [2.24, 2.45) is 0 Å². The number of hydrogen-bond acceptors (Lipinski definition) is 6. The number of nitrogens with zero attached hydrogens (tertiary/aromatic N) is 2. The van der Waals surface area contributed by atoms with Crippen LogP contribution in [0.25, 0.3) is 0 Å². The molecule has 224 valence electrons. The molecule has 1 atom stereocenters. The Hall–Kier alpha value is -3.76. The molecule has 9 nitrogen and oxygen atoms in total. The molecule has 42 heavy (non-hydrogen) atoms. The fourth-order valence-corrected chi connectivity index (χ4v) is 5.94. The monoisotopic (exact) mass is 613 g/mol. The summed E-state index contributed by atoms with van der Waals surface area (Å²) < 4.78 is 37.4. The third kappa shape index (κ3) is 8.17. The molecule has 0 unspecified atom stereocenters. The summed E-state index contributed by atoms with van der Waals surface area (Å²) in [6, 6.07) is 20.7. The van der Waals surface area contributed by atoms with Gasteiger partial charge in [-0.15, -0.1) is 0 Å². The van der Waals surface area contributed by atoms with E-state index in [1.165, 1.54) is 4.31 Å². The predicted octanol–water partition coefficient (Wildman–Crippen LogP) is 4.78. The zero-order valence-electron chi connectivity index (χ0n) is 24.0. The Labute approximate surface area is 252 Å². The van der Waals surface area contributed by atoms with Crippen LogP contribution in [-0.4, -0.2) is 56.8 Å². The van der Waals surface area contributed by atoms with E-state index < -0.39 is 16.1 Å². The Morgan fingerprint density at radius 3 is 2.36 bits per heavy atom. The molecule has 1 aliphatic rings. The molecule has 3 aromatic rings. The van der Waals surface area contributed by atoms with Crippen molar-refractivity contribution in [2.45, 2.75) is 51.7 Å². The average Bonchev–Trinajstić information content (AvgIpc) is 3.41. The van der Waals surface area contributed by atoms with Crippen LogP contribution in [0.2, 0.25) is 5.02 Å². The first-order chi connectivity index (χ1) is 20.0. The lowest BCUT2D eigenvalue weighted by molar-refractivity contribution is -0.141. The van der Waals surface area contributed by atoms with Crippen LogP contribution < -0.4 is 19.1 Å². The highest BCUT2D eigenvalue weighted by atomic mass is 35.5. The molecule has 1 heterocycles. The fraction of sp³-hybridized carbons (Fsp3) is 0.355. The second kappa shape index (κ2) is 13.9. The van der Waals surface area contributed by atoms with E-state index in [1.54, 1.807) is 35.2 Å². The lowest BCUT2D eigenvalue weighted by Gasteiger charge is -2.32. The van der Waals surface area contributed by atoms with Crippen molar-refractivity contribution >= 4 is 39.1 Å². The average molecular weight is 614 g/mol. The first kappa shape index (κ1) is 31.2. The van der Waals surface area contributed by atoms with Crippen LogP contribution >= 0.6 is 11.6 Å². The number of amides is 2. The summed E-state index contributed by atoms with van der Waals surface area (Å²) in [5.74, 6) is 0.450. The summed E-state index contributed by atoms with van der Waals surface area (Å²) >= 11 is 6.47. The molecule has 2 amide bonds. The summed E-state index contributed by atoms with van der Waals surface area (Å²) in [5.41, 5.74) is 2.03. The van der Waals surface area contributed by atoms with Crippen LogP contribution in [0.4, 0.5) is 5.69 Å². The Kier molecular flexibility index (Phi) is 10.3. The highest BCUT2D eigenvalue weighted by Crippen LogP contribution is 2.36. The maximum Gasteiger partial charge on any atom is 0.243 e. The number of sulfonamides is 1. The van der Waals surface area contributed by atoms with E-state index in [9.17, 15) is 18.0 Å². The zero-order valence-corrected chi connectivity index (χ0v) is 25.5. The van der Waals surface area contributed by atoms with Gasteiger partial charge in [0.15, 0.2) is 11.5 Å². The quantitative estimate of drug-likeness (QED) is 0.298. The first-order valence-electron chi connectivity index (χ1n) is 13.8. The van der Waals surface area contributed by atoms with Crippen molar-refractivity contribution in [3.05, 3.63) is 88.9 Å². The van der Waals surface area contributed by atoms with Gasteiger partial charge in [-0.3, -0.25) is 13.9 Å². The van der Waals surface area contributed by atoms with E-state index in [0.717, 1.165) is 11.8 Å². The van der Waals surface area contributed by atoms with Crippen molar-refractivity contribution in [2.75, 3.05) is 23.9 Å². The van der Waals surface area contributed by atoms with Gasteiger partial charge in [-0.25, -0.2) is 8.42 Å². The smallest absolute Gasteiger partial charge is 0.243 e. The van der Waals surface area contributed by atoms with Crippen LogP contribution in [-0.2, 0) is 32.6 Å². The number of rotatable bonds is 13. The number of hydrogen-bond donors (Lipinski definition) is 1. The van der Waals surface area contributed by atoms with Crippen molar-refractivity contribution < 1.29 is 27.5 Å². The van der Waals surface area contributed by atoms with Gasteiger partial charge in [-0.2, -0.15) is 0 Å². The van der Waals surface area contributed by atoms with Gasteiger partial charge in [0.1, 0.15) is 6.04 Å². The Balaban J connectivity index is 1.58. The van der Waals surface area contributed by atoms with Gasteiger partial charge in [0.05, 0.1) is 11.9 Å². The van der Waals surface area contributed by atoms with Crippen molar-refractivity contribution in [1.29, 1.82) is 0 Å². The highest BCUT2D eigenvalue weighted by Gasteiger charge is 2.31. The minimum Gasteiger partial charge on any atom is -0.454 e. The van der Waals surface area contributed by atoms with Gasteiger partial charge in [0, 0.05) is 43.1 Å². The van der Waals surface area contributed by atoms with Crippen LogP contribution in [0.1, 0.15) is 37.8 Å². The molecule has 0 bridgehead atoms. The minimum atomic E-state index is -3.66. The Morgan fingerprint density at radius 2 is 1.67 bits per heavy atom. The van der Waals surface area contributed by atoms with E-state index in [1.807, 2.05) is 56.3 Å². The van der Waals surface area contributed by atoms with Gasteiger partial charge in [-0.1, -0.05) is 60.1 Å². The van der Waals surface area contributed by atoms with Gasteiger partial charge >= 0.3 is 0 Å². The molecule has 0 radical (unpaired) electrons. The van der Waals surface area contributed by atoms with Gasteiger partial charge in [0.25, 0.3) is 0 Å². The topological polar surface area (TPSA) is 105 Å². The third-order valence-electron chi connectivity index (χ3n) is 6.80. The van der Waals surface area contributed by atoms with Crippen LogP contribution in [0, 0.1) is 0 Å². The Morgan fingerprint density at radius 1 is 0.976 bits per heavy atom. The molecule has 0 spiro atoms. The van der Waals surface area contributed by atoms with E-state index in [2.05, 4.69) is 5.32 Å². The summed E-state index contributed by atoms with van der Waals surface area (Å²) in [4.78, 5) is 29.0. The second-order valence-corrected chi connectivity index (χ2v) is 12.8. The second-order valence-electron chi connectivity index (χ2n) is 10.5. The number of carbonyl (C=O) groups is 2. The normalized spacial score (nSPS) is 13.1. The van der Waals surface area contributed by atoms with Crippen molar-refractivity contribution in [3.63, 3.8) is 0 Å². The van der Waals surface area contributed by atoms with E-state index in [0.29, 0.717) is 34.2 Å². The van der Waals surface area contributed by atoms with Crippen LogP contribution in [0.3, 0.4) is 0 Å². The SMILES string of the molecule is CC(C)NC(=O)[C@H](Cc1ccccc1)N(Cc1ccccc1Cl)C(=O)CCCN(c1ccc2c(c1)OCO2)S(C)(=O)=O. The third-order valence-corrected chi connectivity index (χ3v) is 8.36. The molecule has 4 rings (SSSR count). The summed E-state index contributed by atoms with van der Waals surface area (Å²) in [7, 11) is -3.66. The summed E-state index contributed by atoms with van der Waals surface area (Å²) in [5, 5.41) is 3.45. The highest BCUT2D eigenvalue weighted by molar-refractivity contribution is 7.92. The number of carbonyl (C=O) groups excluding carboxylic acids is 2. The molecular weight excluding hydrogens is 578 g/mol. The van der Waals surface area contributed by atoms with Gasteiger partial charge in [-0.05, 0) is 49.6 Å². The standard InChI is InChI=1S/C31H36ClN3O6S/c1-22(2)33-31(37)27(18-23-10-5-4-6-11-23)34(20-24-12-7-8-13-26(24)32)30(36)14-9-17-35(42(3,38)39)25-15-16-28-29(19-25)41-21-40-28/h4-8,10-13,15-16,19,22,27H,9,14,17-18,20-21H2,1-3H3,(H,33,37)/t27-/m0/s1. The fourth-order valence-electron chi connectivity index (χ4n) is 4.79. The molecule has 0 aromatic heterocycles. The van der Waals surface area contributed by atoms with Crippen LogP contribution in [0.15, 0.2) is 72.8 Å². The molecule has 0 saturated carbocycles. The van der Waals surface area contributed by atoms with E-state index in [4.69, 9.17) is 21.1 Å². The maximum absolute atomic E-state index is 13.9. The molecule has 1 N–H and O–H groups in total. The van der Waals surface area contributed by atoms with E-state index in [-0.39, 0.29) is 50.6 Å². The van der Waals surface area contributed by atoms with Gasteiger partial charge < -0.3 is 19.7 Å². The number of benzene rings is 3. The Bertz CT molecular complexity index is 1500. The number of halogens is 1. The minimum absolute atomic E-state index is 0.0152. The molecule has 0 saturated heterocycles.